The van der Waals surface area contributed by atoms with Gasteiger partial charge in [0.25, 0.3) is 0 Å². The highest BCUT2D eigenvalue weighted by Gasteiger charge is 2.33. The Hall–Kier alpha value is -1.52. The molecule has 1 fully saturated rings. The summed E-state index contributed by atoms with van der Waals surface area (Å²) in [7, 11) is 0. The second-order valence-corrected chi connectivity index (χ2v) is 4.56. The fraction of sp³-hybridized carbons (Fsp3) is 0.429. The van der Waals surface area contributed by atoms with Crippen molar-refractivity contribution in [3.63, 3.8) is 0 Å². The minimum atomic E-state index is -0.587. The molecule has 0 amide bonds. The number of hydrogen-bond acceptors (Lipinski definition) is 4. The molecular weight excluding hydrogens is 230 g/mol. The molecule has 95 valence electrons. The van der Waals surface area contributed by atoms with Crippen molar-refractivity contribution in [2.75, 3.05) is 6.54 Å². The zero-order chi connectivity index (χ0) is 13.0. The van der Waals surface area contributed by atoms with E-state index in [1.807, 2.05) is 36.6 Å². The van der Waals surface area contributed by atoms with E-state index in [1.54, 1.807) is 4.90 Å². The lowest BCUT2D eigenvalue weighted by atomic mass is 9.96. The quantitative estimate of drug-likeness (QED) is 0.801. The third kappa shape index (κ3) is 2.66. The van der Waals surface area contributed by atoms with Crippen LogP contribution >= 0.6 is 0 Å². The molecule has 0 aromatic heterocycles. The van der Waals surface area contributed by atoms with Gasteiger partial charge in [-0.25, -0.2) is 0 Å². The molecule has 18 heavy (non-hydrogen) atoms. The van der Waals surface area contributed by atoms with Crippen molar-refractivity contribution in [3.05, 3.63) is 35.9 Å². The zero-order valence-electron chi connectivity index (χ0n) is 10.0. The summed E-state index contributed by atoms with van der Waals surface area (Å²) in [5, 5.41) is 9.70. The zero-order valence-corrected chi connectivity index (χ0v) is 10.0. The van der Waals surface area contributed by atoms with Gasteiger partial charge >= 0.3 is 0 Å². The second-order valence-electron chi connectivity index (χ2n) is 4.56. The minimum Gasteiger partial charge on any atom is -0.392 e. The molecule has 3 atom stereocenters. The van der Waals surface area contributed by atoms with Crippen LogP contribution < -0.4 is 0 Å². The first-order chi connectivity index (χ1) is 8.76. The molecule has 2 rings (SSSR count). The number of aliphatic hydroxyl groups is 1. The normalized spacial score (nSPS) is 26.5. The summed E-state index contributed by atoms with van der Waals surface area (Å²) in [6, 6.07) is 8.31. The van der Waals surface area contributed by atoms with Gasteiger partial charge < -0.3 is 9.90 Å². The maximum absolute atomic E-state index is 11.2. The van der Waals surface area contributed by atoms with Gasteiger partial charge in [-0.05, 0) is 18.4 Å². The Bertz CT molecular complexity index is 407. The fourth-order valence-corrected chi connectivity index (χ4v) is 2.40. The highest BCUT2D eigenvalue weighted by Crippen LogP contribution is 2.26. The molecule has 1 aliphatic heterocycles. The van der Waals surface area contributed by atoms with Crippen LogP contribution in [0.15, 0.2) is 30.3 Å². The van der Waals surface area contributed by atoms with Gasteiger partial charge in [0.15, 0.2) is 0 Å². The Morgan fingerprint density at radius 3 is 2.67 bits per heavy atom. The molecule has 1 aromatic carbocycles. The van der Waals surface area contributed by atoms with Gasteiger partial charge in [0, 0.05) is 6.54 Å². The summed E-state index contributed by atoms with van der Waals surface area (Å²) in [6.07, 6.45) is 3.52. The highest BCUT2D eigenvalue weighted by molar-refractivity contribution is 5.65. The van der Waals surface area contributed by atoms with Crippen LogP contribution in [0.5, 0.6) is 0 Å². The van der Waals surface area contributed by atoms with E-state index in [-0.39, 0.29) is 6.04 Å². The largest absolute Gasteiger partial charge is 0.392 e. The molecule has 3 unspecified atom stereocenters. The smallest absolute Gasteiger partial charge is 0.222 e. The summed E-state index contributed by atoms with van der Waals surface area (Å²) in [6.45, 7) is 0.332. The van der Waals surface area contributed by atoms with Crippen LogP contribution in [0.3, 0.4) is 0 Å². The molecule has 1 saturated heterocycles. The first kappa shape index (κ1) is 12.9. The summed E-state index contributed by atoms with van der Waals surface area (Å²) in [5.41, 5.74) is 0.799. The monoisotopic (exact) mass is 246 g/mol. The summed E-state index contributed by atoms with van der Waals surface area (Å²) in [4.78, 5) is 24.0. The number of likely N-dealkylation sites (tertiary alicyclic amines) is 1. The highest BCUT2D eigenvalue weighted by atomic mass is 16.3. The van der Waals surface area contributed by atoms with Crippen molar-refractivity contribution < 1.29 is 14.7 Å². The lowest BCUT2D eigenvalue weighted by Gasteiger charge is -2.38. The van der Waals surface area contributed by atoms with Gasteiger partial charge in [-0.1, -0.05) is 30.3 Å². The number of aldehydes is 1. The van der Waals surface area contributed by atoms with Gasteiger partial charge in [-0.15, -0.1) is 0 Å². The van der Waals surface area contributed by atoms with E-state index in [1.165, 1.54) is 0 Å². The third-order valence-corrected chi connectivity index (χ3v) is 3.36. The Labute approximate surface area is 106 Å². The molecule has 0 aliphatic carbocycles. The van der Waals surface area contributed by atoms with Crippen molar-refractivity contribution in [1.82, 2.24) is 4.90 Å². The molecule has 4 heteroatoms. The van der Waals surface area contributed by atoms with Crippen LogP contribution in [0.1, 0.15) is 24.4 Å². The molecule has 1 aromatic rings. The van der Waals surface area contributed by atoms with E-state index in [0.717, 1.165) is 11.8 Å². The fourth-order valence-electron chi connectivity index (χ4n) is 2.40. The van der Waals surface area contributed by atoms with E-state index in [2.05, 4.69) is 0 Å². The van der Waals surface area contributed by atoms with Crippen LogP contribution in [0.25, 0.3) is 0 Å². The number of aliphatic hydroxyl groups excluding tert-OH is 1. The molecule has 4 nitrogen and oxygen atoms in total. The maximum atomic E-state index is 11.2. The minimum absolute atomic E-state index is 0.319. The molecule has 1 N–H and O–H groups in total. The van der Waals surface area contributed by atoms with Crippen molar-refractivity contribution >= 4 is 12.6 Å². The molecular formula is C14H16NO3. The maximum Gasteiger partial charge on any atom is 0.222 e. The van der Waals surface area contributed by atoms with Crippen LogP contribution in [0.2, 0.25) is 0 Å². The van der Waals surface area contributed by atoms with E-state index in [9.17, 15) is 14.7 Å². The standard InChI is InChI=1S/C14H16NO3/c16-9-12-6-7-13(18)8-15(12)14(10-17)11-4-2-1-3-5-11/h1-5,9,12-14,18H,6-8H2. The number of β-amino-alcohol motifs (C(OH)–C–C–N with tert-alkyl or cyclic N) is 1. The lowest BCUT2D eigenvalue weighted by Crippen LogP contribution is -2.48. The first-order valence-corrected chi connectivity index (χ1v) is 6.08. The molecule has 0 bridgehead atoms. The van der Waals surface area contributed by atoms with Crippen LogP contribution in [-0.2, 0) is 9.59 Å². The van der Waals surface area contributed by atoms with Gasteiger partial charge in [-0.2, -0.15) is 0 Å². The Morgan fingerprint density at radius 2 is 2.06 bits per heavy atom. The predicted molar refractivity (Wildman–Crippen MR) is 66.7 cm³/mol. The number of benzene rings is 1. The first-order valence-electron chi connectivity index (χ1n) is 6.08. The van der Waals surface area contributed by atoms with Crippen molar-refractivity contribution in [1.29, 1.82) is 0 Å². The van der Waals surface area contributed by atoms with Crippen molar-refractivity contribution in [3.8, 4) is 0 Å². The summed E-state index contributed by atoms with van der Waals surface area (Å²) < 4.78 is 0. The van der Waals surface area contributed by atoms with Crippen LogP contribution in [0, 0.1) is 0 Å². The van der Waals surface area contributed by atoms with Gasteiger partial charge in [0.1, 0.15) is 12.3 Å². The number of nitrogens with zero attached hydrogens (tertiary/aromatic N) is 1. The number of carbonyl (C=O) groups excluding carboxylic acids is 2. The van der Waals surface area contributed by atoms with E-state index in [0.29, 0.717) is 19.4 Å². The van der Waals surface area contributed by atoms with Gasteiger partial charge in [-0.3, -0.25) is 9.69 Å². The summed E-state index contributed by atoms with van der Waals surface area (Å²) in [5.74, 6) is 0. The third-order valence-electron chi connectivity index (χ3n) is 3.36. The molecule has 1 heterocycles. The topological polar surface area (TPSA) is 57.6 Å². The SMILES string of the molecule is O=[C]C(c1ccccc1)N1CC(O)CCC1C=O. The van der Waals surface area contributed by atoms with Crippen molar-refractivity contribution in [2.24, 2.45) is 0 Å². The average Bonchev–Trinajstić information content (AvgIpc) is 2.41. The predicted octanol–water partition coefficient (Wildman–Crippen LogP) is 0.862. The van der Waals surface area contributed by atoms with Crippen LogP contribution in [-0.4, -0.2) is 41.3 Å². The number of piperidine rings is 1. The number of carbonyl (C=O) groups is 1. The summed E-state index contributed by atoms with van der Waals surface area (Å²) >= 11 is 0. The molecule has 0 spiro atoms. The van der Waals surface area contributed by atoms with Crippen LogP contribution in [0.4, 0.5) is 0 Å². The Kier molecular flexibility index (Phi) is 4.23. The van der Waals surface area contributed by atoms with Crippen molar-refractivity contribution in [2.45, 2.75) is 31.0 Å². The lowest BCUT2D eigenvalue weighted by molar-refractivity contribution is -0.115. The Morgan fingerprint density at radius 1 is 1.33 bits per heavy atom. The van der Waals surface area contributed by atoms with Gasteiger partial charge in [0.05, 0.1) is 12.1 Å². The number of rotatable bonds is 4. The van der Waals surface area contributed by atoms with E-state index >= 15 is 0 Å². The molecule has 1 aliphatic rings. The average molecular weight is 246 g/mol. The number of hydrogen-bond donors (Lipinski definition) is 1. The van der Waals surface area contributed by atoms with Gasteiger partial charge in [0.2, 0.25) is 6.29 Å². The van der Waals surface area contributed by atoms with E-state index in [4.69, 9.17) is 0 Å². The molecule has 0 saturated carbocycles. The van der Waals surface area contributed by atoms with E-state index < -0.39 is 12.1 Å². The second kappa shape index (κ2) is 5.89. The molecule has 1 radical (unpaired) electrons. The Balaban J connectivity index is 2.24.